The third-order valence-corrected chi connectivity index (χ3v) is 5.91. The minimum absolute atomic E-state index is 0.0855. The number of hydrogen-bond acceptors (Lipinski definition) is 5. The molecule has 2 aliphatic rings. The first-order chi connectivity index (χ1) is 11.3. The number of carbonyl (C=O) groups is 1. The molecular formula is C17H20N4OS. The molecule has 0 bridgehead atoms. The first-order valence-electron chi connectivity index (χ1n) is 8.07. The second-order valence-electron chi connectivity index (χ2n) is 6.44. The molecule has 2 aromatic rings. The van der Waals surface area contributed by atoms with E-state index in [1.807, 2.05) is 24.0 Å². The molecule has 0 aromatic carbocycles. The lowest BCUT2D eigenvalue weighted by Crippen LogP contribution is -2.53. The van der Waals surface area contributed by atoms with Crippen molar-refractivity contribution in [3.63, 3.8) is 0 Å². The van der Waals surface area contributed by atoms with Crippen LogP contribution in [0.3, 0.4) is 0 Å². The van der Waals surface area contributed by atoms with E-state index in [9.17, 15) is 4.79 Å². The van der Waals surface area contributed by atoms with Gasteiger partial charge in [0.25, 0.3) is 0 Å². The maximum Gasteiger partial charge on any atom is 0.221 e. The summed E-state index contributed by atoms with van der Waals surface area (Å²) in [4.78, 5) is 23.0. The molecule has 2 aromatic heterocycles. The van der Waals surface area contributed by atoms with Crippen molar-refractivity contribution in [1.82, 2.24) is 20.2 Å². The zero-order valence-electron chi connectivity index (χ0n) is 12.9. The lowest BCUT2D eigenvalue weighted by atomic mass is 9.74. The third-order valence-electron chi connectivity index (χ3n) is 5.14. The van der Waals surface area contributed by atoms with Crippen molar-refractivity contribution in [2.24, 2.45) is 0 Å². The zero-order valence-corrected chi connectivity index (χ0v) is 13.8. The standard InChI is InChI=1S/C17H20N4OS/c22-15-11-14(13-1-5-18-6-2-13)17(20-15)3-8-21(9-4-17)12-16-19-7-10-23-16/h1-2,5-7,10,14H,3-4,8-9,11-12H2,(H,20,22)/t14-/m1/s1. The summed E-state index contributed by atoms with van der Waals surface area (Å²) in [6.07, 6.45) is 8.10. The molecule has 23 heavy (non-hydrogen) atoms. The van der Waals surface area contributed by atoms with Crippen LogP contribution in [-0.4, -0.2) is 39.4 Å². The lowest BCUT2D eigenvalue weighted by molar-refractivity contribution is -0.120. The van der Waals surface area contributed by atoms with Crippen molar-refractivity contribution in [2.45, 2.75) is 37.3 Å². The quantitative estimate of drug-likeness (QED) is 0.938. The Bertz CT molecular complexity index is 665. The average molecular weight is 328 g/mol. The van der Waals surface area contributed by atoms with E-state index in [1.165, 1.54) is 10.6 Å². The number of carbonyl (C=O) groups excluding carboxylic acids is 1. The summed E-state index contributed by atoms with van der Waals surface area (Å²) in [5.74, 6) is 0.445. The van der Waals surface area contributed by atoms with E-state index in [0.717, 1.165) is 32.5 Å². The number of amides is 1. The van der Waals surface area contributed by atoms with Gasteiger partial charge >= 0.3 is 0 Å². The maximum absolute atomic E-state index is 12.1. The molecule has 5 nitrogen and oxygen atoms in total. The van der Waals surface area contributed by atoms with Crippen molar-refractivity contribution in [3.05, 3.63) is 46.7 Å². The van der Waals surface area contributed by atoms with Gasteiger partial charge in [-0.05, 0) is 30.5 Å². The van der Waals surface area contributed by atoms with Crippen molar-refractivity contribution in [2.75, 3.05) is 13.1 Å². The Balaban J connectivity index is 1.49. The van der Waals surface area contributed by atoms with Crippen molar-refractivity contribution < 1.29 is 4.79 Å². The summed E-state index contributed by atoms with van der Waals surface area (Å²) in [5, 5.41) is 6.49. The van der Waals surface area contributed by atoms with Gasteiger partial charge < -0.3 is 5.32 Å². The van der Waals surface area contributed by atoms with Crippen LogP contribution in [0.2, 0.25) is 0 Å². The van der Waals surface area contributed by atoms with E-state index in [1.54, 1.807) is 11.3 Å². The number of rotatable bonds is 3. The van der Waals surface area contributed by atoms with Gasteiger partial charge in [-0.2, -0.15) is 0 Å². The predicted molar refractivity (Wildman–Crippen MR) is 89.1 cm³/mol. The molecule has 1 atom stereocenters. The van der Waals surface area contributed by atoms with Crippen LogP contribution in [0.25, 0.3) is 0 Å². The summed E-state index contributed by atoms with van der Waals surface area (Å²) in [6.45, 7) is 2.92. The molecule has 0 aliphatic carbocycles. The van der Waals surface area contributed by atoms with Gasteiger partial charge in [-0.25, -0.2) is 4.98 Å². The fraction of sp³-hybridized carbons (Fsp3) is 0.471. The Morgan fingerprint density at radius 2 is 2.04 bits per heavy atom. The van der Waals surface area contributed by atoms with Crippen LogP contribution in [0.1, 0.15) is 35.8 Å². The second kappa shape index (κ2) is 6.02. The highest BCUT2D eigenvalue weighted by Gasteiger charge is 2.48. The Hall–Kier alpha value is -1.79. The molecule has 120 valence electrons. The largest absolute Gasteiger partial charge is 0.350 e. The zero-order chi connectivity index (χ0) is 15.7. The minimum Gasteiger partial charge on any atom is -0.350 e. The van der Waals surface area contributed by atoms with Gasteiger partial charge in [-0.15, -0.1) is 11.3 Å². The molecule has 1 N–H and O–H groups in total. The van der Waals surface area contributed by atoms with E-state index in [4.69, 9.17) is 0 Å². The molecule has 2 saturated heterocycles. The Morgan fingerprint density at radius 3 is 2.74 bits per heavy atom. The molecule has 4 rings (SSSR count). The lowest BCUT2D eigenvalue weighted by Gasteiger charge is -2.42. The van der Waals surface area contributed by atoms with E-state index in [-0.39, 0.29) is 17.4 Å². The molecule has 0 saturated carbocycles. The number of nitrogens with zero attached hydrogens (tertiary/aromatic N) is 3. The number of hydrogen-bond donors (Lipinski definition) is 1. The SMILES string of the molecule is O=C1C[C@H](c2ccncc2)C2(CCN(Cc3nccs3)CC2)N1. The predicted octanol–water partition coefficient (Wildman–Crippen LogP) is 2.18. The van der Waals surface area contributed by atoms with E-state index < -0.39 is 0 Å². The fourth-order valence-corrected chi connectivity index (χ4v) is 4.59. The van der Waals surface area contributed by atoms with Crippen LogP contribution < -0.4 is 5.32 Å². The summed E-state index contributed by atoms with van der Waals surface area (Å²) >= 11 is 1.71. The maximum atomic E-state index is 12.1. The van der Waals surface area contributed by atoms with Gasteiger partial charge in [-0.1, -0.05) is 0 Å². The first-order valence-corrected chi connectivity index (χ1v) is 8.95. The average Bonchev–Trinajstić information content (AvgIpc) is 3.19. The summed E-state index contributed by atoms with van der Waals surface area (Å²) in [6, 6.07) is 4.10. The van der Waals surface area contributed by atoms with E-state index in [0.29, 0.717) is 6.42 Å². The number of nitrogens with one attached hydrogen (secondary N) is 1. The monoisotopic (exact) mass is 328 g/mol. The Kier molecular flexibility index (Phi) is 3.87. The highest BCUT2D eigenvalue weighted by atomic mass is 32.1. The van der Waals surface area contributed by atoms with Gasteiger partial charge in [0.1, 0.15) is 5.01 Å². The van der Waals surface area contributed by atoms with Crippen LogP contribution in [0.5, 0.6) is 0 Å². The van der Waals surface area contributed by atoms with Gasteiger partial charge in [0.15, 0.2) is 0 Å². The molecule has 1 spiro atoms. The number of aromatic nitrogens is 2. The summed E-state index contributed by atoms with van der Waals surface area (Å²) in [7, 11) is 0. The first kappa shape index (κ1) is 14.8. The summed E-state index contributed by atoms with van der Waals surface area (Å²) < 4.78 is 0. The highest BCUT2D eigenvalue weighted by molar-refractivity contribution is 7.09. The van der Waals surface area contributed by atoms with Crippen LogP contribution in [0.15, 0.2) is 36.1 Å². The molecular weight excluding hydrogens is 308 g/mol. The van der Waals surface area contributed by atoms with E-state index >= 15 is 0 Å². The topological polar surface area (TPSA) is 58.1 Å². The van der Waals surface area contributed by atoms with Crippen molar-refractivity contribution in [1.29, 1.82) is 0 Å². The normalized spacial score (nSPS) is 24.0. The molecule has 6 heteroatoms. The Labute approximate surface area is 139 Å². The number of likely N-dealkylation sites (tertiary alicyclic amines) is 1. The van der Waals surface area contributed by atoms with E-state index in [2.05, 4.69) is 32.3 Å². The van der Waals surface area contributed by atoms with Crippen LogP contribution >= 0.6 is 11.3 Å². The fourth-order valence-electron chi connectivity index (χ4n) is 3.94. The Morgan fingerprint density at radius 1 is 1.26 bits per heavy atom. The molecule has 4 heterocycles. The smallest absolute Gasteiger partial charge is 0.221 e. The van der Waals surface area contributed by atoms with Gasteiger partial charge in [0.2, 0.25) is 5.91 Å². The number of piperidine rings is 1. The molecule has 0 unspecified atom stereocenters. The molecule has 0 radical (unpaired) electrons. The number of pyridine rings is 1. The highest BCUT2D eigenvalue weighted by Crippen LogP contribution is 2.43. The molecule has 1 amide bonds. The van der Waals surface area contributed by atoms with Gasteiger partial charge in [-0.3, -0.25) is 14.7 Å². The van der Waals surface area contributed by atoms with Gasteiger partial charge in [0, 0.05) is 54.9 Å². The summed E-state index contributed by atoms with van der Waals surface area (Å²) in [5.41, 5.74) is 1.14. The van der Waals surface area contributed by atoms with Crippen molar-refractivity contribution >= 4 is 17.2 Å². The second-order valence-corrected chi connectivity index (χ2v) is 7.42. The van der Waals surface area contributed by atoms with Crippen LogP contribution in [-0.2, 0) is 11.3 Å². The van der Waals surface area contributed by atoms with Gasteiger partial charge in [0.05, 0.1) is 6.54 Å². The van der Waals surface area contributed by atoms with Crippen molar-refractivity contribution in [3.8, 4) is 0 Å². The van der Waals surface area contributed by atoms with Crippen LogP contribution in [0.4, 0.5) is 0 Å². The van der Waals surface area contributed by atoms with Crippen LogP contribution in [0, 0.1) is 0 Å². The third kappa shape index (κ3) is 2.88. The molecule has 2 aliphatic heterocycles. The minimum atomic E-state index is -0.0855. The number of thiazole rings is 1. The molecule has 2 fully saturated rings.